The van der Waals surface area contributed by atoms with Crippen molar-refractivity contribution in [3.8, 4) is 22.6 Å². The highest BCUT2D eigenvalue weighted by molar-refractivity contribution is 5.64. The van der Waals surface area contributed by atoms with E-state index in [9.17, 15) is 8.78 Å². The van der Waals surface area contributed by atoms with Crippen molar-refractivity contribution in [2.75, 3.05) is 0 Å². The molecule has 2 aliphatic rings. The molecule has 6 rings (SSSR count). The first kappa shape index (κ1) is 21.0. The number of aryl methyl sites for hydroxylation is 1. The zero-order valence-electron chi connectivity index (χ0n) is 19.2. The van der Waals surface area contributed by atoms with Crippen LogP contribution in [0.2, 0.25) is 0 Å². The molecular weight excluding hydrogens is 434 g/mol. The lowest BCUT2D eigenvalue weighted by atomic mass is 9.66. The molecule has 6 nitrogen and oxygen atoms in total. The van der Waals surface area contributed by atoms with Crippen LogP contribution in [0.4, 0.5) is 8.78 Å². The number of rotatable bonds is 4. The Kier molecular flexibility index (Phi) is 4.46. The Balaban J connectivity index is 1.51. The summed E-state index contributed by atoms with van der Waals surface area (Å²) < 4.78 is 28.9. The Morgan fingerprint density at radius 3 is 2.56 bits per heavy atom. The summed E-state index contributed by atoms with van der Waals surface area (Å²) in [5.41, 5.74) is 4.52. The zero-order valence-corrected chi connectivity index (χ0v) is 19.2. The van der Waals surface area contributed by atoms with Crippen LogP contribution in [-0.4, -0.2) is 30.4 Å². The number of benzene rings is 1. The van der Waals surface area contributed by atoms with Gasteiger partial charge in [-0.05, 0) is 60.4 Å². The molecule has 2 bridgehead atoms. The van der Waals surface area contributed by atoms with Crippen molar-refractivity contribution in [2.45, 2.75) is 51.4 Å². The number of nitrogens with one attached hydrogen (secondary N) is 1. The van der Waals surface area contributed by atoms with Crippen molar-refractivity contribution in [1.29, 1.82) is 0 Å². The van der Waals surface area contributed by atoms with Gasteiger partial charge in [-0.1, -0.05) is 26.8 Å². The van der Waals surface area contributed by atoms with Gasteiger partial charge in [-0.3, -0.25) is 10.1 Å². The molecule has 3 heterocycles. The summed E-state index contributed by atoms with van der Waals surface area (Å²) in [6.07, 6.45) is 6.17. The van der Waals surface area contributed by atoms with Crippen LogP contribution in [0.3, 0.4) is 0 Å². The van der Waals surface area contributed by atoms with E-state index < -0.39 is 17.0 Å². The summed E-state index contributed by atoms with van der Waals surface area (Å²) in [5.74, 6) is -1.11. The number of nitrogens with zero attached hydrogens (tertiary/aromatic N) is 5. The van der Waals surface area contributed by atoms with Gasteiger partial charge >= 0.3 is 0 Å². The van der Waals surface area contributed by atoms with Gasteiger partial charge in [0.25, 0.3) is 0 Å². The molecule has 3 aromatic heterocycles. The molecule has 2 aliphatic carbocycles. The first-order valence-electron chi connectivity index (χ1n) is 11.6. The number of fused-ring (bicyclic) bond motifs is 5. The van der Waals surface area contributed by atoms with Crippen molar-refractivity contribution in [3.63, 3.8) is 0 Å². The van der Waals surface area contributed by atoms with Gasteiger partial charge in [-0.2, -0.15) is 10.2 Å². The maximum Gasteiger partial charge on any atom is 0.135 e. The molecular formula is C26H24F2N6. The van der Waals surface area contributed by atoms with E-state index in [1.165, 1.54) is 18.2 Å². The van der Waals surface area contributed by atoms with Crippen LogP contribution >= 0.6 is 0 Å². The molecule has 0 saturated heterocycles. The minimum atomic E-state index is -0.643. The van der Waals surface area contributed by atoms with E-state index in [0.29, 0.717) is 5.69 Å². The number of hydrogen-bond acceptors (Lipinski definition) is 5. The summed E-state index contributed by atoms with van der Waals surface area (Å²) in [4.78, 5) is 9.53. The number of hydrogen-bond donors (Lipinski definition) is 1. The fourth-order valence-electron chi connectivity index (χ4n) is 6.13. The van der Waals surface area contributed by atoms with E-state index >= 15 is 0 Å². The average molecular weight is 459 g/mol. The highest BCUT2D eigenvalue weighted by Gasteiger charge is 2.65. The van der Waals surface area contributed by atoms with Crippen molar-refractivity contribution in [3.05, 3.63) is 77.0 Å². The number of halogens is 2. The molecule has 1 fully saturated rings. The number of aromatic amines is 1. The van der Waals surface area contributed by atoms with E-state index in [0.717, 1.165) is 47.6 Å². The fourth-order valence-corrected chi connectivity index (χ4v) is 6.13. The molecule has 1 saturated carbocycles. The maximum absolute atomic E-state index is 14.5. The molecule has 172 valence electrons. The number of aromatic nitrogens is 6. The number of H-pyrrole nitrogens is 1. The van der Waals surface area contributed by atoms with Crippen LogP contribution < -0.4 is 0 Å². The van der Waals surface area contributed by atoms with Crippen LogP contribution in [0.15, 0.2) is 42.7 Å². The highest BCUT2D eigenvalue weighted by Crippen LogP contribution is 2.69. The lowest BCUT2D eigenvalue weighted by Crippen LogP contribution is -2.38. The highest BCUT2D eigenvalue weighted by atomic mass is 19.1. The van der Waals surface area contributed by atoms with Gasteiger partial charge in [-0.15, -0.1) is 5.10 Å². The average Bonchev–Trinajstić information content (AvgIpc) is 3.47. The van der Waals surface area contributed by atoms with Crippen LogP contribution in [0.5, 0.6) is 0 Å². The largest absolute Gasteiger partial charge is 0.282 e. The third-order valence-corrected chi connectivity index (χ3v) is 7.95. The van der Waals surface area contributed by atoms with Gasteiger partial charge in [0.15, 0.2) is 0 Å². The predicted octanol–water partition coefficient (Wildman–Crippen LogP) is 5.37. The van der Waals surface area contributed by atoms with Crippen molar-refractivity contribution < 1.29 is 8.78 Å². The lowest BCUT2D eigenvalue weighted by molar-refractivity contribution is 0.242. The molecule has 1 N–H and O–H groups in total. The molecule has 0 radical (unpaired) electrons. The van der Waals surface area contributed by atoms with Gasteiger partial charge < -0.3 is 0 Å². The molecule has 2 atom stereocenters. The normalized spacial score (nSPS) is 22.2. The molecule has 34 heavy (non-hydrogen) atoms. The third kappa shape index (κ3) is 2.68. The molecule has 4 aromatic rings. The summed E-state index contributed by atoms with van der Waals surface area (Å²) in [5, 5.41) is 16.3. The Hall–Kier alpha value is -3.55. The monoisotopic (exact) mass is 458 g/mol. The van der Waals surface area contributed by atoms with E-state index in [-0.39, 0.29) is 22.6 Å². The Morgan fingerprint density at radius 2 is 1.82 bits per heavy atom. The van der Waals surface area contributed by atoms with Crippen molar-refractivity contribution in [1.82, 2.24) is 30.4 Å². The predicted molar refractivity (Wildman–Crippen MR) is 123 cm³/mol. The SMILES string of the molecule is CCc1cc(-c2cncc([C@@]34CC[C@@H](c5cc(-c6c(F)cccc6F)nnc53)C4(C)C)n2)n[nH]1. The van der Waals surface area contributed by atoms with Gasteiger partial charge in [0.05, 0.1) is 34.3 Å². The van der Waals surface area contributed by atoms with Gasteiger partial charge in [0.2, 0.25) is 0 Å². The summed E-state index contributed by atoms with van der Waals surface area (Å²) in [6, 6.07) is 7.64. The standard InChI is InChI=1S/C26H24F2N6/c1-4-14-10-19(32-31-14)21-12-29-13-22(30-21)26-9-8-16(25(26,2)3)15-11-20(33-34-24(15)26)23-17(27)6-5-7-18(23)28/h5-7,10-13,16H,4,8-9H2,1-3H3,(H,31,32)/t16-,26-/m0/s1. The minimum Gasteiger partial charge on any atom is -0.282 e. The Morgan fingerprint density at radius 1 is 1.03 bits per heavy atom. The minimum absolute atomic E-state index is 0.139. The molecule has 0 amide bonds. The van der Waals surface area contributed by atoms with Gasteiger partial charge in [0, 0.05) is 11.9 Å². The quantitative estimate of drug-likeness (QED) is 0.445. The zero-order chi connectivity index (χ0) is 23.7. The van der Waals surface area contributed by atoms with Crippen LogP contribution in [-0.2, 0) is 11.8 Å². The second-order valence-corrected chi connectivity index (χ2v) is 9.77. The summed E-state index contributed by atoms with van der Waals surface area (Å²) in [7, 11) is 0. The smallest absolute Gasteiger partial charge is 0.135 e. The first-order chi connectivity index (χ1) is 16.4. The lowest BCUT2D eigenvalue weighted by Gasteiger charge is -2.37. The van der Waals surface area contributed by atoms with Crippen molar-refractivity contribution >= 4 is 0 Å². The Bertz CT molecular complexity index is 1410. The van der Waals surface area contributed by atoms with E-state index in [4.69, 9.17) is 4.98 Å². The first-order valence-corrected chi connectivity index (χ1v) is 11.6. The van der Waals surface area contributed by atoms with Gasteiger partial charge in [0.1, 0.15) is 23.0 Å². The second kappa shape index (κ2) is 7.22. The molecule has 0 spiro atoms. The molecule has 8 heteroatoms. The van der Waals surface area contributed by atoms with Crippen LogP contribution in [0.1, 0.15) is 62.2 Å². The summed E-state index contributed by atoms with van der Waals surface area (Å²) in [6.45, 7) is 6.50. The maximum atomic E-state index is 14.5. The van der Waals surface area contributed by atoms with E-state index in [1.54, 1.807) is 6.20 Å². The molecule has 0 unspecified atom stereocenters. The van der Waals surface area contributed by atoms with E-state index in [2.05, 4.69) is 46.1 Å². The van der Waals surface area contributed by atoms with E-state index in [1.807, 2.05) is 18.3 Å². The summed E-state index contributed by atoms with van der Waals surface area (Å²) >= 11 is 0. The van der Waals surface area contributed by atoms with Gasteiger partial charge in [-0.25, -0.2) is 13.8 Å². The van der Waals surface area contributed by atoms with Crippen molar-refractivity contribution in [2.24, 2.45) is 5.41 Å². The topological polar surface area (TPSA) is 80.2 Å². The molecule has 1 aromatic carbocycles. The van der Waals surface area contributed by atoms with Crippen LogP contribution in [0.25, 0.3) is 22.6 Å². The second-order valence-electron chi connectivity index (χ2n) is 9.77. The molecule has 0 aliphatic heterocycles. The van der Waals surface area contributed by atoms with Crippen LogP contribution in [0, 0.1) is 17.0 Å². The third-order valence-electron chi connectivity index (χ3n) is 7.95. The Labute approximate surface area is 195 Å². The fraction of sp³-hybridized carbons (Fsp3) is 0.346.